The highest BCUT2D eigenvalue weighted by atomic mass is 79.9. The third-order valence-electron chi connectivity index (χ3n) is 3.40. The fourth-order valence-corrected chi connectivity index (χ4v) is 4.38. The molecule has 1 aromatic heterocycles. The van der Waals surface area contributed by atoms with E-state index in [1.807, 2.05) is 43.3 Å². The number of nitrogens with zero attached hydrogens (tertiary/aromatic N) is 1. The molecule has 0 aliphatic carbocycles. The van der Waals surface area contributed by atoms with E-state index >= 15 is 0 Å². The van der Waals surface area contributed by atoms with E-state index in [0.29, 0.717) is 11.4 Å². The Morgan fingerprint density at radius 1 is 1.29 bits per heavy atom. The molecule has 2 nitrogen and oxygen atoms in total. The number of fused-ring (bicyclic) bond motifs is 1. The van der Waals surface area contributed by atoms with Gasteiger partial charge in [0.25, 0.3) is 0 Å². The number of benzene rings is 2. The van der Waals surface area contributed by atoms with Gasteiger partial charge in [-0.25, -0.2) is 4.98 Å². The Hall–Kier alpha value is -0.940. The molecule has 0 amide bonds. The molecule has 3 rings (SSSR count). The maximum absolute atomic E-state index is 6.51. The van der Waals surface area contributed by atoms with Crippen molar-refractivity contribution in [1.29, 1.82) is 0 Å². The second-order valence-electron chi connectivity index (χ2n) is 5.29. The average molecular weight is 382 g/mol. The summed E-state index contributed by atoms with van der Waals surface area (Å²) in [4.78, 5) is 4.66. The Labute approximate surface area is 141 Å². The van der Waals surface area contributed by atoms with Crippen LogP contribution in [-0.4, -0.2) is 4.98 Å². The number of nitrogens with two attached hydrogens (primary N) is 1. The Kier molecular flexibility index (Phi) is 4.06. The van der Waals surface area contributed by atoms with Crippen molar-refractivity contribution in [3.05, 3.63) is 62.5 Å². The van der Waals surface area contributed by atoms with Crippen molar-refractivity contribution >= 4 is 49.1 Å². The van der Waals surface area contributed by atoms with Crippen molar-refractivity contribution in [3.63, 3.8) is 0 Å². The molecule has 0 aliphatic rings. The number of halogens is 2. The van der Waals surface area contributed by atoms with Gasteiger partial charge in [0.1, 0.15) is 0 Å². The summed E-state index contributed by atoms with van der Waals surface area (Å²) in [6.45, 7) is 1.99. The van der Waals surface area contributed by atoms with Crippen LogP contribution in [0.2, 0.25) is 5.02 Å². The van der Waals surface area contributed by atoms with Gasteiger partial charge in [0, 0.05) is 21.5 Å². The van der Waals surface area contributed by atoms with E-state index in [-0.39, 0.29) is 0 Å². The smallest absolute Gasteiger partial charge is 0.0960 e. The van der Waals surface area contributed by atoms with Crippen LogP contribution in [0.3, 0.4) is 0 Å². The zero-order valence-electron chi connectivity index (χ0n) is 11.4. The molecule has 21 heavy (non-hydrogen) atoms. The van der Waals surface area contributed by atoms with E-state index in [9.17, 15) is 0 Å². The van der Waals surface area contributed by atoms with Crippen LogP contribution in [0, 0.1) is 0 Å². The zero-order valence-corrected chi connectivity index (χ0v) is 14.6. The summed E-state index contributed by atoms with van der Waals surface area (Å²) in [6, 6.07) is 13.9. The molecule has 1 unspecified atom stereocenters. The van der Waals surface area contributed by atoms with Crippen molar-refractivity contribution in [2.45, 2.75) is 18.9 Å². The zero-order chi connectivity index (χ0) is 15.0. The summed E-state index contributed by atoms with van der Waals surface area (Å²) in [7, 11) is 0. The lowest BCUT2D eigenvalue weighted by molar-refractivity contribution is 0.491. The molecule has 3 aromatic rings. The van der Waals surface area contributed by atoms with Crippen LogP contribution >= 0.6 is 38.9 Å². The Bertz CT molecular complexity index is 765. The highest BCUT2D eigenvalue weighted by molar-refractivity contribution is 9.10. The summed E-state index contributed by atoms with van der Waals surface area (Å²) >= 11 is 11.4. The molecule has 108 valence electrons. The van der Waals surface area contributed by atoms with Gasteiger partial charge in [-0.15, -0.1) is 11.3 Å². The summed E-state index contributed by atoms with van der Waals surface area (Å²) in [5.41, 5.74) is 7.92. The van der Waals surface area contributed by atoms with Gasteiger partial charge in [0.05, 0.1) is 15.2 Å². The molecule has 0 saturated heterocycles. The third kappa shape index (κ3) is 3.14. The molecule has 1 heterocycles. The van der Waals surface area contributed by atoms with E-state index in [1.54, 1.807) is 11.3 Å². The second kappa shape index (κ2) is 5.69. The van der Waals surface area contributed by atoms with Gasteiger partial charge in [-0.2, -0.15) is 0 Å². The van der Waals surface area contributed by atoms with E-state index < -0.39 is 5.54 Å². The van der Waals surface area contributed by atoms with E-state index in [1.165, 1.54) is 4.70 Å². The molecular formula is C16H14BrClN2S. The lowest BCUT2D eigenvalue weighted by atomic mass is 9.90. The molecule has 0 fully saturated rings. The molecule has 1 atom stereocenters. The van der Waals surface area contributed by atoms with Gasteiger partial charge in [-0.1, -0.05) is 45.7 Å². The summed E-state index contributed by atoms with van der Waals surface area (Å²) in [5.74, 6) is 0. The van der Waals surface area contributed by atoms with Crippen molar-refractivity contribution in [2.24, 2.45) is 5.73 Å². The van der Waals surface area contributed by atoms with Crippen molar-refractivity contribution in [2.75, 3.05) is 0 Å². The normalized spacial score (nSPS) is 14.3. The van der Waals surface area contributed by atoms with Gasteiger partial charge in [-0.3, -0.25) is 0 Å². The monoisotopic (exact) mass is 380 g/mol. The number of thiazole rings is 1. The Morgan fingerprint density at radius 2 is 2.05 bits per heavy atom. The second-order valence-corrected chi connectivity index (χ2v) is 7.73. The maximum Gasteiger partial charge on any atom is 0.0960 e. The molecular weight excluding hydrogens is 368 g/mol. The highest BCUT2D eigenvalue weighted by Crippen LogP contribution is 2.33. The Balaban J connectivity index is 1.94. The Morgan fingerprint density at radius 3 is 2.76 bits per heavy atom. The molecule has 0 saturated carbocycles. The minimum absolute atomic E-state index is 0.550. The fraction of sp³-hybridized carbons (Fsp3) is 0.188. The lowest BCUT2D eigenvalue weighted by Gasteiger charge is -2.25. The first kappa shape index (κ1) is 15.0. The summed E-state index contributed by atoms with van der Waals surface area (Å²) in [5, 5.41) is 1.70. The number of aromatic nitrogens is 1. The van der Waals surface area contributed by atoms with Crippen molar-refractivity contribution in [3.8, 4) is 0 Å². The molecule has 0 spiro atoms. The van der Waals surface area contributed by atoms with Crippen molar-refractivity contribution < 1.29 is 0 Å². The van der Waals surface area contributed by atoms with Gasteiger partial charge in [0.2, 0.25) is 0 Å². The van der Waals surface area contributed by atoms with Gasteiger partial charge in [-0.05, 0) is 36.8 Å². The molecule has 2 N–H and O–H groups in total. The van der Waals surface area contributed by atoms with Gasteiger partial charge in [0.15, 0.2) is 0 Å². The summed E-state index contributed by atoms with van der Waals surface area (Å²) < 4.78 is 2.14. The van der Waals surface area contributed by atoms with Crippen LogP contribution < -0.4 is 5.73 Å². The lowest BCUT2D eigenvalue weighted by Crippen LogP contribution is -2.35. The van der Waals surface area contributed by atoms with Gasteiger partial charge < -0.3 is 5.73 Å². The first-order valence-corrected chi connectivity index (χ1v) is 8.53. The SMILES string of the molecule is CC(N)(Cc1nc2ccccc2s1)c1ccc(Br)cc1Cl. The maximum atomic E-state index is 6.51. The van der Waals surface area contributed by atoms with Gasteiger partial charge >= 0.3 is 0 Å². The van der Waals surface area contributed by atoms with Crippen molar-refractivity contribution in [1.82, 2.24) is 4.98 Å². The largest absolute Gasteiger partial charge is 0.321 e. The quantitative estimate of drug-likeness (QED) is 0.683. The first-order chi connectivity index (χ1) is 9.95. The molecule has 5 heteroatoms. The average Bonchev–Trinajstić information content (AvgIpc) is 2.79. The molecule has 0 bridgehead atoms. The number of hydrogen-bond donors (Lipinski definition) is 1. The minimum Gasteiger partial charge on any atom is -0.321 e. The van der Waals surface area contributed by atoms with E-state index in [4.69, 9.17) is 17.3 Å². The molecule has 0 radical (unpaired) electrons. The minimum atomic E-state index is -0.550. The predicted octanol–water partition coefficient (Wildman–Crippen LogP) is 5.13. The first-order valence-electron chi connectivity index (χ1n) is 6.54. The van der Waals surface area contributed by atoms with Crippen LogP contribution in [0.4, 0.5) is 0 Å². The predicted molar refractivity (Wildman–Crippen MR) is 94.0 cm³/mol. The van der Waals surface area contributed by atoms with Crippen LogP contribution in [0.5, 0.6) is 0 Å². The molecule has 0 aliphatic heterocycles. The van der Waals surface area contributed by atoms with E-state index in [2.05, 4.69) is 27.0 Å². The van der Waals surface area contributed by atoms with Crippen LogP contribution in [0.25, 0.3) is 10.2 Å². The van der Waals surface area contributed by atoms with Crippen LogP contribution in [-0.2, 0) is 12.0 Å². The number of hydrogen-bond acceptors (Lipinski definition) is 3. The standard InChI is InChI=1S/C16H14BrClN2S/c1-16(19,11-7-6-10(17)8-12(11)18)9-15-20-13-4-2-3-5-14(13)21-15/h2-8H,9,19H2,1H3. The van der Waals surface area contributed by atoms with Crippen LogP contribution in [0.15, 0.2) is 46.9 Å². The highest BCUT2D eigenvalue weighted by Gasteiger charge is 2.26. The van der Waals surface area contributed by atoms with Crippen LogP contribution in [0.1, 0.15) is 17.5 Å². The topological polar surface area (TPSA) is 38.9 Å². The molecule has 2 aromatic carbocycles. The third-order valence-corrected chi connectivity index (χ3v) is 5.25. The number of rotatable bonds is 3. The van der Waals surface area contributed by atoms with E-state index in [0.717, 1.165) is 20.6 Å². The summed E-state index contributed by atoms with van der Waals surface area (Å²) in [6.07, 6.45) is 0.660. The fourth-order valence-electron chi connectivity index (χ4n) is 2.36. The number of para-hydroxylation sites is 1.